The summed E-state index contributed by atoms with van der Waals surface area (Å²) >= 11 is 1.62. The number of ether oxygens (including phenoxy) is 2. The van der Waals surface area contributed by atoms with Crippen LogP contribution in [0.5, 0.6) is 11.5 Å². The predicted octanol–water partition coefficient (Wildman–Crippen LogP) is 4.40. The summed E-state index contributed by atoms with van der Waals surface area (Å²) in [6.07, 6.45) is 0.936. The molecule has 3 rings (SSSR count). The number of hydrogen-bond donors (Lipinski definition) is 0. The van der Waals surface area contributed by atoms with Crippen LogP contribution in [0.3, 0.4) is 0 Å². The van der Waals surface area contributed by atoms with E-state index in [2.05, 4.69) is 28.4 Å². The fraction of sp³-hybridized carbons (Fsp3) is 0.350. The van der Waals surface area contributed by atoms with Crippen LogP contribution >= 0.6 is 11.3 Å². The largest absolute Gasteiger partial charge is 0.493 e. The Morgan fingerprint density at radius 2 is 1.92 bits per heavy atom. The van der Waals surface area contributed by atoms with Crippen molar-refractivity contribution >= 4 is 11.3 Å². The third kappa shape index (κ3) is 4.45. The Bertz CT molecular complexity index is 856. The van der Waals surface area contributed by atoms with E-state index in [-0.39, 0.29) is 0 Å². The first-order valence-electron chi connectivity index (χ1n) is 8.49. The molecule has 0 unspecified atom stereocenters. The molecule has 138 valence electrons. The van der Waals surface area contributed by atoms with Crippen molar-refractivity contribution in [3.63, 3.8) is 0 Å². The van der Waals surface area contributed by atoms with Crippen LogP contribution in [0.2, 0.25) is 0 Å². The average Bonchev–Trinajstić information content (AvgIpc) is 3.28. The summed E-state index contributed by atoms with van der Waals surface area (Å²) < 4.78 is 16.3. The average molecular weight is 372 g/mol. The van der Waals surface area contributed by atoms with Gasteiger partial charge in [-0.05, 0) is 50.2 Å². The Hall–Kier alpha value is -2.31. The Kier molecular flexibility index (Phi) is 5.96. The second-order valence-electron chi connectivity index (χ2n) is 6.23. The van der Waals surface area contributed by atoms with Crippen LogP contribution in [0.1, 0.15) is 17.0 Å². The van der Waals surface area contributed by atoms with Crippen LogP contribution in [0.25, 0.3) is 10.8 Å². The minimum absolute atomic E-state index is 0.757. The molecule has 0 atom stereocenters. The number of hydrogen-bond acceptors (Lipinski definition) is 6. The normalized spacial score (nSPS) is 11.1. The molecule has 0 aliphatic heterocycles. The number of nitrogens with zero attached hydrogens (tertiary/aromatic N) is 2. The molecule has 1 aromatic carbocycles. The van der Waals surface area contributed by atoms with Crippen LogP contribution in [0, 0.1) is 6.92 Å². The summed E-state index contributed by atoms with van der Waals surface area (Å²) in [5.41, 5.74) is 2.29. The van der Waals surface area contributed by atoms with Gasteiger partial charge in [0.05, 0.1) is 19.9 Å². The van der Waals surface area contributed by atoms with Gasteiger partial charge in [-0.3, -0.25) is 0 Å². The molecule has 6 heteroatoms. The lowest BCUT2D eigenvalue weighted by Gasteiger charge is -2.16. The highest BCUT2D eigenvalue weighted by Crippen LogP contribution is 2.28. The van der Waals surface area contributed by atoms with Gasteiger partial charge in [0.25, 0.3) is 0 Å². The van der Waals surface area contributed by atoms with Gasteiger partial charge in [0.15, 0.2) is 22.3 Å². The molecule has 5 nitrogen and oxygen atoms in total. The molecule has 2 aromatic heterocycles. The minimum atomic E-state index is 0.757. The molecule has 3 aromatic rings. The molecule has 2 heterocycles. The topological polar surface area (TPSA) is 47.7 Å². The Morgan fingerprint density at radius 1 is 1.12 bits per heavy atom. The molecule has 0 fully saturated rings. The number of methoxy groups -OCH3 is 2. The van der Waals surface area contributed by atoms with E-state index in [4.69, 9.17) is 13.9 Å². The van der Waals surface area contributed by atoms with Crippen molar-refractivity contribution in [2.75, 3.05) is 27.8 Å². The monoisotopic (exact) mass is 372 g/mol. The number of likely N-dealkylation sites (N-methyl/N-ethyl adjacent to an activating group) is 1. The highest BCUT2D eigenvalue weighted by atomic mass is 32.1. The van der Waals surface area contributed by atoms with E-state index in [0.29, 0.717) is 0 Å². The molecule has 0 saturated heterocycles. The summed E-state index contributed by atoms with van der Waals surface area (Å²) in [7, 11) is 5.42. The fourth-order valence-corrected chi connectivity index (χ4v) is 3.52. The Balaban J connectivity index is 1.56. The van der Waals surface area contributed by atoms with E-state index in [9.17, 15) is 0 Å². The van der Waals surface area contributed by atoms with Crippen LogP contribution in [0.4, 0.5) is 0 Å². The highest BCUT2D eigenvalue weighted by Gasteiger charge is 2.11. The molecule has 0 N–H and O–H groups in total. The van der Waals surface area contributed by atoms with Crippen LogP contribution in [0.15, 0.2) is 40.1 Å². The lowest BCUT2D eigenvalue weighted by Crippen LogP contribution is -2.20. The van der Waals surface area contributed by atoms with Gasteiger partial charge < -0.3 is 18.8 Å². The number of aromatic nitrogens is 1. The molecule has 0 aliphatic carbocycles. The van der Waals surface area contributed by atoms with Crippen molar-refractivity contribution in [2.24, 2.45) is 0 Å². The van der Waals surface area contributed by atoms with E-state index in [1.54, 1.807) is 25.6 Å². The first-order chi connectivity index (χ1) is 12.6. The van der Waals surface area contributed by atoms with E-state index in [1.807, 2.05) is 31.2 Å². The molecule has 0 bridgehead atoms. The smallest absolute Gasteiger partial charge is 0.162 e. The molecule has 0 spiro atoms. The predicted molar refractivity (Wildman–Crippen MR) is 104 cm³/mol. The van der Waals surface area contributed by atoms with Gasteiger partial charge in [-0.1, -0.05) is 6.07 Å². The highest BCUT2D eigenvalue weighted by molar-refractivity contribution is 7.13. The summed E-state index contributed by atoms with van der Waals surface area (Å²) in [6, 6.07) is 10.00. The first-order valence-corrected chi connectivity index (χ1v) is 9.37. The van der Waals surface area contributed by atoms with Gasteiger partial charge in [-0.15, -0.1) is 11.3 Å². The number of aryl methyl sites for hydroxylation is 1. The maximum atomic E-state index is 5.65. The van der Waals surface area contributed by atoms with Gasteiger partial charge >= 0.3 is 0 Å². The fourth-order valence-electron chi connectivity index (χ4n) is 2.75. The number of rotatable bonds is 8. The maximum Gasteiger partial charge on any atom is 0.162 e. The van der Waals surface area contributed by atoms with Gasteiger partial charge in [-0.2, -0.15) is 0 Å². The Labute approximate surface area is 158 Å². The first kappa shape index (κ1) is 18.5. The molecule has 0 saturated carbocycles. The van der Waals surface area contributed by atoms with Crippen molar-refractivity contribution in [3.8, 4) is 22.3 Å². The quantitative estimate of drug-likeness (QED) is 0.586. The summed E-state index contributed by atoms with van der Waals surface area (Å²) in [5.74, 6) is 3.27. The van der Waals surface area contributed by atoms with Gasteiger partial charge in [-0.25, -0.2) is 4.98 Å². The van der Waals surface area contributed by atoms with Crippen molar-refractivity contribution in [3.05, 3.63) is 52.7 Å². The number of thiazole rings is 1. The standard InChI is InChI=1S/C20H24N2O3S/c1-14-5-7-18(25-14)20-21-16(13-26-20)12-22(2)10-9-15-6-8-17(23-3)19(11-15)24-4/h5-8,11,13H,9-10,12H2,1-4H3. The second kappa shape index (κ2) is 8.38. The van der Waals surface area contributed by atoms with Crippen molar-refractivity contribution in [2.45, 2.75) is 19.9 Å². The SMILES string of the molecule is COc1ccc(CCN(C)Cc2csc(-c3ccc(C)o3)n2)cc1OC. The zero-order valence-electron chi connectivity index (χ0n) is 15.6. The Morgan fingerprint density at radius 3 is 2.62 bits per heavy atom. The van der Waals surface area contributed by atoms with E-state index < -0.39 is 0 Å². The third-order valence-corrected chi connectivity index (χ3v) is 5.07. The van der Waals surface area contributed by atoms with Gasteiger partial charge in [0.2, 0.25) is 0 Å². The van der Waals surface area contributed by atoms with Crippen molar-refractivity contribution in [1.29, 1.82) is 0 Å². The molecular weight excluding hydrogens is 348 g/mol. The van der Waals surface area contributed by atoms with Crippen LogP contribution < -0.4 is 9.47 Å². The number of benzene rings is 1. The van der Waals surface area contributed by atoms with Gasteiger partial charge in [0, 0.05) is 18.5 Å². The minimum Gasteiger partial charge on any atom is -0.493 e. The van der Waals surface area contributed by atoms with E-state index in [0.717, 1.165) is 53.2 Å². The van der Waals surface area contributed by atoms with E-state index in [1.165, 1.54) is 5.56 Å². The zero-order valence-corrected chi connectivity index (χ0v) is 16.4. The van der Waals surface area contributed by atoms with Crippen LogP contribution in [-0.4, -0.2) is 37.7 Å². The third-order valence-electron chi connectivity index (χ3n) is 4.16. The second-order valence-corrected chi connectivity index (χ2v) is 7.09. The van der Waals surface area contributed by atoms with Crippen LogP contribution in [-0.2, 0) is 13.0 Å². The lowest BCUT2D eigenvalue weighted by molar-refractivity contribution is 0.327. The maximum absolute atomic E-state index is 5.65. The molecule has 26 heavy (non-hydrogen) atoms. The summed E-state index contributed by atoms with van der Waals surface area (Å²) in [6.45, 7) is 3.69. The van der Waals surface area contributed by atoms with E-state index >= 15 is 0 Å². The zero-order chi connectivity index (χ0) is 18.5. The summed E-state index contributed by atoms with van der Waals surface area (Å²) in [5, 5.41) is 3.03. The number of furan rings is 1. The van der Waals surface area contributed by atoms with Crippen molar-refractivity contribution in [1.82, 2.24) is 9.88 Å². The molecular formula is C20H24N2O3S. The molecule has 0 aliphatic rings. The van der Waals surface area contributed by atoms with Crippen molar-refractivity contribution < 1.29 is 13.9 Å². The molecule has 0 amide bonds. The van der Waals surface area contributed by atoms with Gasteiger partial charge in [0.1, 0.15) is 5.76 Å². The molecule has 0 radical (unpaired) electrons. The summed E-state index contributed by atoms with van der Waals surface area (Å²) in [4.78, 5) is 6.95. The lowest BCUT2D eigenvalue weighted by atomic mass is 10.1.